The minimum absolute atomic E-state index is 0.0182. The lowest BCUT2D eigenvalue weighted by atomic mass is 10.0. The van der Waals surface area contributed by atoms with E-state index in [0.29, 0.717) is 29.2 Å². The SMILES string of the molecule is CCOC(=O)c1sc2c(c1C)c(=O)n(C(C)(C)C(=O)N1CCCC1)c(=O)n2C[C@H](OC(C)C)c1ccccc1OC. The number of amides is 1. The maximum atomic E-state index is 14.4. The Morgan fingerprint density at radius 2 is 1.76 bits per heavy atom. The van der Waals surface area contributed by atoms with E-state index in [1.54, 1.807) is 39.7 Å². The van der Waals surface area contributed by atoms with Gasteiger partial charge in [-0.1, -0.05) is 18.2 Å². The zero-order valence-electron chi connectivity index (χ0n) is 24.8. The molecular formula is C30H39N3O7S. The van der Waals surface area contributed by atoms with Crippen LogP contribution in [0.15, 0.2) is 33.9 Å². The predicted octanol–water partition coefficient (Wildman–Crippen LogP) is 4.24. The van der Waals surface area contributed by atoms with Crippen molar-refractivity contribution in [3.63, 3.8) is 0 Å². The van der Waals surface area contributed by atoms with Crippen molar-refractivity contribution < 1.29 is 23.8 Å². The molecule has 1 aromatic carbocycles. The third kappa shape index (κ3) is 5.70. The fourth-order valence-electron chi connectivity index (χ4n) is 5.44. The van der Waals surface area contributed by atoms with Gasteiger partial charge < -0.3 is 19.1 Å². The Labute approximate surface area is 243 Å². The predicted molar refractivity (Wildman–Crippen MR) is 158 cm³/mol. The van der Waals surface area contributed by atoms with Crippen LogP contribution in [0.5, 0.6) is 5.75 Å². The number of fused-ring (bicyclic) bond motifs is 1. The number of ether oxygens (including phenoxy) is 3. The molecule has 1 aliphatic heterocycles. The average molecular weight is 586 g/mol. The van der Waals surface area contributed by atoms with Gasteiger partial charge in [-0.3, -0.25) is 14.2 Å². The highest BCUT2D eigenvalue weighted by Gasteiger charge is 2.39. The molecule has 3 aromatic rings. The zero-order chi connectivity index (χ0) is 30.1. The van der Waals surface area contributed by atoms with Gasteiger partial charge in [0.1, 0.15) is 27.1 Å². The van der Waals surface area contributed by atoms with Crippen LogP contribution in [0, 0.1) is 6.92 Å². The van der Waals surface area contributed by atoms with Crippen LogP contribution in [0.3, 0.4) is 0 Å². The molecule has 0 spiro atoms. The Hall–Kier alpha value is -3.44. The van der Waals surface area contributed by atoms with Gasteiger partial charge in [-0.25, -0.2) is 14.2 Å². The molecule has 10 nitrogen and oxygen atoms in total. The molecule has 0 saturated carbocycles. The van der Waals surface area contributed by atoms with Gasteiger partial charge in [-0.15, -0.1) is 11.3 Å². The molecule has 1 aliphatic rings. The highest BCUT2D eigenvalue weighted by atomic mass is 32.1. The van der Waals surface area contributed by atoms with Crippen molar-refractivity contribution in [3.05, 3.63) is 61.1 Å². The second kappa shape index (κ2) is 12.2. The van der Waals surface area contributed by atoms with Crippen molar-refractivity contribution in [2.45, 2.75) is 78.7 Å². The van der Waals surface area contributed by atoms with E-state index in [4.69, 9.17) is 14.2 Å². The number of hydrogen-bond donors (Lipinski definition) is 0. The number of rotatable bonds is 10. The number of nitrogens with zero attached hydrogens (tertiary/aromatic N) is 3. The van der Waals surface area contributed by atoms with Crippen LogP contribution in [-0.2, 0) is 26.4 Å². The Morgan fingerprint density at radius 3 is 2.37 bits per heavy atom. The minimum Gasteiger partial charge on any atom is -0.496 e. The second-order valence-electron chi connectivity index (χ2n) is 11.0. The summed E-state index contributed by atoms with van der Waals surface area (Å²) in [5, 5.41) is 0.211. The van der Waals surface area contributed by atoms with Gasteiger partial charge in [0.15, 0.2) is 0 Å². The molecule has 2 aromatic heterocycles. The van der Waals surface area contributed by atoms with Crippen LogP contribution < -0.4 is 16.0 Å². The summed E-state index contributed by atoms with van der Waals surface area (Å²) in [6.07, 6.45) is 0.915. The lowest BCUT2D eigenvalue weighted by Gasteiger charge is -2.31. The first kappa shape index (κ1) is 30.5. The van der Waals surface area contributed by atoms with E-state index in [1.165, 1.54) is 4.57 Å². The number of benzene rings is 1. The number of hydrogen-bond acceptors (Lipinski definition) is 8. The molecule has 0 unspecified atom stereocenters. The number of aromatic nitrogens is 2. The summed E-state index contributed by atoms with van der Waals surface area (Å²) in [7, 11) is 1.57. The van der Waals surface area contributed by atoms with E-state index in [2.05, 4.69) is 0 Å². The highest BCUT2D eigenvalue weighted by molar-refractivity contribution is 7.20. The number of aryl methyl sites for hydroxylation is 1. The first-order valence-electron chi connectivity index (χ1n) is 14.0. The monoisotopic (exact) mass is 585 g/mol. The molecule has 41 heavy (non-hydrogen) atoms. The average Bonchev–Trinajstić information content (AvgIpc) is 3.58. The van der Waals surface area contributed by atoms with Crippen molar-refractivity contribution in [1.29, 1.82) is 0 Å². The Balaban J connectivity index is 2.01. The summed E-state index contributed by atoms with van der Waals surface area (Å²) in [5.41, 5.74) is -1.58. The summed E-state index contributed by atoms with van der Waals surface area (Å²) >= 11 is 1.04. The molecule has 0 bridgehead atoms. The van der Waals surface area contributed by atoms with E-state index >= 15 is 0 Å². The summed E-state index contributed by atoms with van der Waals surface area (Å²) in [6.45, 7) is 11.7. The van der Waals surface area contributed by atoms with Gasteiger partial charge in [0.25, 0.3) is 5.56 Å². The smallest absolute Gasteiger partial charge is 0.348 e. The molecule has 3 heterocycles. The van der Waals surface area contributed by atoms with Gasteiger partial charge in [0.05, 0.1) is 31.8 Å². The Bertz CT molecular complexity index is 1560. The van der Waals surface area contributed by atoms with Crippen LogP contribution in [0.4, 0.5) is 0 Å². The van der Waals surface area contributed by atoms with Crippen molar-refractivity contribution in [3.8, 4) is 5.75 Å². The molecule has 1 atom stereocenters. The highest BCUT2D eigenvalue weighted by Crippen LogP contribution is 2.34. The largest absolute Gasteiger partial charge is 0.496 e. The number of carbonyl (C=O) groups excluding carboxylic acids is 2. The summed E-state index contributed by atoms with van der Waals surface area (Å²) in [5.74, 6) is -0.267. The van der Waals surface area contributed by atoms with E-state index in [-0.39, 0.29) is 35.4 Å². The molecule has 0 N–H and O–H groups in total. The zero-order valence-corrected chi connectivity index (χ0v) is 25.6. The van der Waals surface area contributed by atoms with E-state index in [1.807, 2.05) is 38.1 Å². The first-order valence-corrected chi connectivity index (χ1v) is 14.8. The molecule has 4 rings (SSSR count). The van der Waals surface area contributed by atoms with Crippen molar-refractivity contribution in [2.75, 3.05) is 26.8 Å². The molecule has 0 aliphatic carbocycles. The fourth-order valence-corrected chi connectivity index (χ4v) is 6.63. The third-order valence-electron chi connectivity index (χ3n) is 7.42. The fraction of sp³-hybridized carbons (Fsp3) is 0.533. The van der Waals surface area contributed by atoms with Crippen LogP contribution in [0.1, 0.15) is 74.4 Å². The lowest BCUT2D eigenvalue weighted by molar-refractivity contribution is -0.138. The van der Waals surface area contributed by atoms with Gasteiger partial charge in [0, 0.05) is 18.7 Å². The van der Waals surface area contributed by atoms with E-state index in [0.717, 1.165) is 34.3 Å². The second-order valence-corrected chi connectivity index (χ2v) is 12.0. The molecular weight excluding hydrogens is 546 g/mol. The van der Waals surface area contributed by atoms with Crippen LogP contribution in [0.25, 0.3) is 10.2 Å². The number of thiophene rings is 1. The van der Waals surface area contributed by atoms with Crippen LogP contribution in [-0.4, -0.2) is 58.8 Å². The van der Waals surface area contributed by atoms with Crippen molar-refractivity contribution >= 4 is 33.4 Å². The molecule has 1 saturated heterocycles. The molecule has 222 valence electrons. The number of carbonyl (C=O) groups is 2. The van der Waals surface area contributed by atoms with Gasteiger partial charge >= 0.3 is 11.7 Å². The maximum absolute atomic E-state index is 14.4. The van der Waals surface area contributed by atoms with Crippen LogP contribution in [0.2, 0.25) is 0 Å². The number of esters is 1. The maximum Gasteiger partial charge on any atom is 0.348 e. The van der Waals surface area contributed by atoms with E-state index in [9.17, 15) is 19.2 Å². The third-order valence-corrected chi connectivity index (χ3v) is 8.71. The van der Waals surface area contributed by atoms with Gasteiger partial charge in [-0.2, -0.15) is 0 Å². The molecule has 1 fully saturated rings. The molecule has 0 radical (unpaired) electrons. The minimum atomic E-state index is -1.47. The van der Waals surface area contributed by atoms with E-state index < -0.39 is 28.9 Å². The quantitative estimate of drug-likeness (QED) is 0.328. The topological polar surface area (TPSA) is 109 Å². The van der Waals surface area contributed by atoms with Gasteiger partial charge in [0.2, 0.25) is 5.91 Å². The molecule has 11 heteroatoms. The van der Waals surface area contributed by atoms with Gasteiger partial charge in [-0.05, 0) is 66.0 Å². The lowest BCUT2D eigenvalue weighted by Crippen LogP contribution is -2.56. The normalized spacial score (nSPS) is 14.6. The summed E-state index contributed by atoms with van der Waals surface area (Å²) in [4.78, 5) is 57.3. The summed E-state index contributed by atoms with van der Waals surface area (Å²) < 4.78 is 19.7. The van der Waals surface area contributed by atoms with Crippen molar-refractivity contribution in [2.24, 2.45) is 0 Å². The summed E-state index contributed by atoms with van der Waals surface area (Å²) in [6, 6.07) is 7.39. The Kier molecular flexibility index (Phi) is 9.08. The number of methoxy groups -OCH3 is 1. The first-order chi connectivity index (χ1) is 19.4. The van der Waals surface area contributed by atoms with Crippen LogP contribution >= 0.6 is 11.3 Å². The standard InChI is InChI=1S/C30H39N3O7S/c1-8-39-27(35)24-19(4)23-25(34)33(30(5,6)28(36)31-15-11-12-16-31)29(37)32(26(23)41-24)17-22(40-18(2)3)20-13-9-10-14-21(20)38-7/h9-10,13-14,18,22H,8,11-12,15-17H2,1-7H3/t22-/m0/s1. The number of likely N-dealkylation sites (tertiary alicyclic amines) is 1. The molecule has 1 amide bonds. The Morgan fingerprint density at radius 1 is 1.10 bits per heavy atom. The number of para-hydroxylation sites is 1. The van der Waals surface area contributed by atoms with Crippen molar-refractivity contribution in [1.82, 2.24) is 14.0 Å².